The Labute approximate surface area is 87.3 Å². The molecule has 0 aliphatic heterocycles. The van der Waals surface area contributed by atoms with Crippen molar-refractivity contribution in [1.29, 1.82) is 0 Å². The van der Waals surface area contributed by atoms with Gasteiger partial charge >= 0.3 is 0 Å². The average molecular weight is 192 g/mol. The predicted molar refractivity (Wildman–Crippen MR) is 64.2 cm³/mol. The Morgan fingerprint density at radius 2 is 2.00 bits per heavy atom. The van der Waals surface area contributed by atoms with Crippen LogP contribution in [0.15, 0.2) is 49.2 Å². The van der Waals surface area contributed by atoms with Crippen molar-refractivity contribution < 1.29 is 0 Å². The molecule has 0 amide bonds. The Kier molecular flexibility index (Phi) is 6.50. The van der Waals surface area contributed by atoms with Crippen LogP contribution in [-0.4, -0.2) is 32.1 Å². The third kappa shape index (κ3) is 6.26. The van der Waals surface area contributed by atoms with Gasteiger partial charge in [0.2, 0.25) is 0 Å². The highest BCUT2D eigenvalue weighted by Crippen LogP contribution is 2.02. The number of rotatable bonds is 7. The molecule has 0 aliphatic rings. The van der Waals surface area contributed by atoms with Gasteiger partial charge in [-0.25, -0.2) is 0 Å². The molecule has 2 nitrogen and oxygen atoms in total. The van der Waals surface area contributed by atoms with Crippen molar-refractivity contribution in [2.45, 2.75) is 0 Å². The molecule has 0 bridgehead atoms. The van der Waals surface area contributed by atoms with Crippen LogP contribution < -0.4 is 5.32 Å². The summed E-state index contributed by atoms with van der Waals surface area (Å²) in [6.45, 7) is 13.2. The zero-order valence-corrected chi connectivity index (χ0v) is 9.21. The van der Waals surface area contributed by atoms with Crippen LogP contribution in [0.3, 0.4) is 0 Å². The van der Waals surface area contributed by atoms with Gasteiger partial charge in [0, 0.05) is 18.8 Å². The Balaban J connectivity index is 3.79. The van der Waals surface area contributed by atoms with Gasteiger partial charge in [-0.1, -0.05) is 38.0 Å². The molecule has 1 N–H and O–H groups in total. The second-order valence-corrected chi connectivity index (χ2v) is 3.33. The van der Waals surface area contributed by atoms with E-state index in [9.17, 15) is 0 Å². The molecule has 0 fully saturated rings. The summed E-state index contributed by atoms with van der Waals surface area (Å²) in [6.07, 6.45) is 5.46. The monoisotopic (exact) mass is 192 g/mol. The lowest BCUT2D eigenvalue weighted by atomic mass is 10.2. The molecule has 2 heteroatoms. The number of allylic oxidation sites excluding steroid dienone is 3. The van der Waals surface area contributed by atoms with Crippen molar-refractivity contribution in [3.63, 3.8) is 0 Å². The number of nitrogens with zero attached hydrogens (tertiary/aromatic N) is 1. The first-order chi connectivity index (χ1) is 6.57. The lowest BCUT2D eigenvalue weighted by Gasteiger charge is -2.13. The number of likely N-dealkylation sites (N-methyl/N-ethyl adjacent to an activating group) is 1. The highest BCUT2D eigenvalue weighted by atomic mass is 15.1. The first-order valence-electron chi connectivity index (χ1n) is 4.63. The minimum Gasteiger partial charge on any atom is -0.384 e. The molecule has 0 atom stereocenters. The van der Waals surface area contributed by atoms with Crippen molar-refractivity contribution in [2.75, 3.05) is 27.2 Å². The van der Waals surface area contributed by atoms with Crippen molar-refractivity contribution in [3.05, 3.63) is 49.2 Å². The molecule has 0 aromatic carbocycles. The largest absolute Gasteiger partial charge is 0.384 e. The second kappa shape index (κ2) is 7.15. The van der Waals surface area contributed by atoms with Gasteiger partial charge in [0.1, 0.15) is 0 Å². The highest BCUT2D eigenvalue weighted by molar-refractivity contribution is 5.35. The molecule has 0 rings (SSSR count). The molecule has 0 heterocycles. The standard InChI is InChI=1S/C12H20N2/c1-6-7-8-11(2)12(3)13-9-10-14(4)5/h6-8,13H,1-3,9-10H2,4-5H3/b8-7-. The molecule has 0 saturated heterocycles. The Morgan fingerprint density at radius 1 is 1.36 bits per heavy atom. The van der Waals surface area contributed by atoms with Gasteiger partial charge in [-0.2, -0.15) is 0 Å². The van der Waals surface area contributed by atoms with Gasteiger partial charge in [-0.15, -0.1) is 0 Å². The van der Waals surface area contributed by atoms with Crippen LogP contribution >= 0.6 is 0 Å². The molecule has 0 saturated carbocycles. The maximum atomic E-state index is 3.89. The zero-order chi connectivity index (χ0) is 11.0. The van der Waals surface area contributed by atoms with Crippen LogP contribution in [0.4, 0.5) is 0 Å². The van der Waals surface area contributed by atoms with E-state index in [1.165, 1.54) is 0 Å². The molecular weight excluding hydrogens is 172 g/mol. The van der Waals surface area contributed by atoms with Crippen molar-refractivity contribution in [2.24, 2.45) is 0 Å². The lowest BCUT2D eigenvalue weighted by Crippen LogP contribution is -2.26. The van der Waals surface area contributed by atoms with Gasteiger partial charge in [0.25, 0.3) is 0 Å². The Morgan fingerprint density at radius 3 is 2.50 bits per heavy atom. The molecule has 14 heavy (non-hydrogen) atoms. The third-order valence-electron chi connectivity index (χ3n) is 1.72. The second-order valence-electron chi connectivity index (χ2n) is 3.33. The molecule has 0 aromatic heterocycles. The van der Waals surface area contributed by atoms with E-state index in [0.29, 0.717) is 0 Å². The number of hydrogen-bond acceptors (Lipinski definition) is 2. The topological polar surface area (TPSA) is 15.3 Å². The third-order valence-corrected chi connectivity index (χ3v) is 1.72. The van der Waals surface area contributed by atoms with Crippen LogP contribution in [0.2, 0.25) is 0 Å². The SMILES string of the molecule is C=C/C=C\C(=C)C(=C)NCCN(C)C. The summed E-state index contributed by atoms with van der Waals surface area (Å²) in [5.41, 5.74) is 1.76. The highest BCUT2D eigenvalue weighted by Gasteiger charge is 1.95. The van der Waals surface area contributed by atoms with Gasteiger partial charge in [0.15, 0.2) is 0 Å². The first kappa shape index (κ1) is 12.7. The summed E-state index contributed by atoms with van der Waals surface area (Å²) in [5.74, 6) is 0. The van der Waals surface area contributed by atoms with Gasteiger partial charge in [0.05, 0.1) is 0 Å². The van der Waals surface area contributed by atoms with Gasteiger partial charge in [-0.3, -0.25) is 0 Å². The van der Waals surface area contributed by atoms with E-state index >= 15 is 0 Å². The number of hydrogen-bond donors (Lipinski definition) is 1. The number of nitrogens with one attached hydrogen (secondary N) is 1. The Bertz CT molecular complexity index is 237. The fourth-order valence-corrected chi connectivity index (χ4v) is 0.829. The van der Waals surface area contributed by atoms with Crippen molar-refractivity contribution in [3.8, 4) is 0 Å². The van der Waals surface area contributed by atoms with E-state index in [-0.39, 0.29) is 0 Å². The quantitative estimate of drug-likeness (QED) is 0.620. The van der Waals surface area contributed by atoms with E-state index in [1.54, 1.807) is 6.08 Å². The molecular formula is C12H20N2. The maximum Gasteiger partial charge on any atom is 0.0335 e. The van der Waals surface area contributed by atoms with Crippen LogP contribution in [0.25, 0.3) is 0 Å². The molecule has 0 unspecified atom stereocenters. The smallest absolute Gasteiger partial charge is 0.0335 e. The summed E-state index contributed by atoms with van der Waals surface area (Å²) in [6, 6.07) is 0. The summed E-state index contributed by atoms with van der Waals surface area (Å²) < 4.78 is 0. The molecule has 0 aromatic rings. The van der Waals surface area contributed by atoms with E-state index in [1.807, 2.05) is 26.2 Å². The van der Waals surface area contributed by atoms with E-state index < -0.39 is 0 Å². The van der Waals surface area contributed by atoms with Crippen molar-refractivity contribution >= 4 is 0 Å². The zero-order valence-electron chi connectivity index (χ0n) is 9.21. The summed E-state index contributed by atoms with van der Waals surface area (Å²) in [5, 5.41) is 3.20. The van der Waals surface area contributed by atoms with E-state index in [0.717, 1.165) is 24.4 Å². The minimum absolute atomic E-state index is 0.866. The first-order valence-corrected chi connectivity index (χ1v) is 4.63. The van der Waals surface area contributed by atoms with Crippen LogP contribution in [0.5, 0.6) is 0 Å². The normalized spacial score (nSPS) is 10.5. The predicted octanol–water partition coefficient (Wildman–Crippen LogP) is 1.95. The summed E-state index contributed by atoms with van der Waals surface area (Å²) in [4.78, 5) is 2.11. The van der Waals surface area contributed by atoms with Gasteiger partial charge < -0.3 is 10.2 Å². The Hall–Kier alpha value is -1.28. The molecule has 78 valence electrons. The van der Waals surface area contributed by atoms with Crippen LogP contribution in [0.1, 0.15) is 0 Å². The van der Waals surface area contributed by atoms with E-state index in [2.05, 4.69) is 30.0 Å². The summed E-state index contributed by atoms with van der Waals surface area (Å²) in [7, 11) is 4.08. The molecule has 0 spiro atoms. The summed E-state index contributed by atoms with van der Waals surface area (Å²) >= 11 is 0. The fourth-order valence-electron chi connectivity index (χ4n) is 0.829. The van der Waals surface area contributed by atoms with Gasteiger partial charge in [-0.05, 0) is 19.7 Å². The maximum absolute atomic E-state index is 3.89. The molecule has 0 aliphatic carbocycles. The average Bonchev–Trinajstić information content (AvgIpc) is 2.13. The molecule has 0 radical (unpaired) electrons. The van der Waals surface area contributed by atoms with Crippen LogP contribution in [-0.2, 0) is 0 Å². The van der Waals surface area contributed by atoms with Crippen molar-refractivity contribution in [1.82, 2.24) is 10.2 Å². The lowest BCUT2D eigenvalue weighted by molar-refractivity contribution is 0.408. The minimum atomic E-state index is 0.866. The van der Waals surface area contributed by atoms with Crippen LogP contribution in [0, 0.1) is 0 Å². The fraction of sp³-hybridized carbons (Fsp3) is 0.333. The van der Waals surface area contributed by atoms with E-state index in [4.69, 9.17) is 0 Å².